The van der Waals surface area contributed by atoms with Gasteiger partial charge < -0.3 is 29.3 Å². The topological polar surface area (TPSA) is 97.5 Å². The Hall–Kier alpha value is -10.8. The van der Waals surface area contributed by atoms with Gasteiger partial charge >= 0.3 is 0 Å². The smallest absolute Gasteiger partial charge is 0.138 e. The van der Waals surface area contributed by atoms with Gasteiger partial charge in [-0.3, -0.25) is 9.97 Å². The highest BCUT2D eigenvalue weighted by Crippen LogP contribution is 2.40. The second-order valence-corrected chi connectivity index (χ2v) is 19.2. The van der Waals surface area contributed by atoms with Crippen molar-refractivity contribution >= 4 is 121 Å². The number of nitrogens with one attached hydrogen (secondary N) is 3. The van der Waals surface area contributed by atoms with Crippen molar-refractivity contribution in [2.45, 2.75) is 0 Å². The van der Waals surface area contributed by atoms with Gasteiger partial charge in [0.05, 0.1) is 11.0 Å². The van der Waals surface area contributed by atoms with E-state index < -0.39 is 0 Å². The molecule has 16 rings (SSSR count). The number of benzene rings is 9. The molecule has 370 valence electrons. The summed E-state index contributed by atoms with van der Waals surface area (Å²) in [7, 11) is 0. The molecule has 3 N–H and O–H groups in total. The lowest BCUT2D eigenvalue weighted by molar-refractivity contribution is 1.19. The van der Waals surface area contributed by atoms with Crippen molar-refractivity contribution < 1.29 is 0 Å². The largest absolute Gasteiger partial charge is 0.354 e. The summed E-state index contributed by atoms with van der Waals surface area (Å²) in [4.78, 5) is 27.9. The quantitative estimate of drug-likeness (QED) is 0.148. The molecular formula is C69H49N9. The number of pyridine rings is 3. The van der Waals surface area contributed by atoms with E-state index in [-0.39, 0.29) is 0 Å². The molecule has 0 fully saturated rings. The van der Waals surface area contributed by atoms with Crippen molar-refractivity contribution in [3.63, 3.8) is 0 Å². The van der Waals surface area contributed by atoms with Crippen LogP contribution >= 0.6 is 0 Å². The van der Waals surface area contributed by atoms with E-state index in [4.69, 9.17) is 0 Å². The van der Waals surface area contributed by atoms with Crippen LogP contribution < -0.4 is 9.80 Å². The highest BCUT2D eigenvalue weighted by molar-refractivity contribution is 6.12. The number of hydrogen-bond acceptors (Lipinski definition) is 5. The minimum Gasteiger partial charge on any atom is -0.354 e. The van der Waals surface area contributed by atoms with E-state index in [9.17, 15) is 0 Å². The number of hydrogen-bond donors (Lipinski definition) is 3. The third-order valence-corrected chi connectivity index (χ3v) is 14.5. The minimum absolute atomic E-state index is 0.922. The molecule has 16 aromatic rings. The molecule has 0 saturated heterocycles. The molecule has 0 saturated carbocycles. The van der Waals surface area contributed by atoms with E-state index in [1.807, 2.05) is 73.4 Å². The molecule has 0 radical (unpaired) electrons. The van der Waals surface area contributed by atoms with Gasteiger partial charge in [-0.2, -0.15) is 0 Å². The Bertz CT molecular complexity index is 4430. The van der Waals surface area contributed by atoms with Gasteiger partial charge in [0, 0.05) is 141 Å². The molecule has 0 unspecified atom stereocenters. The molecule has 9 heteroatoms. The summed E-state index contributed by atoms with van der Waals surface area (Å²) in [6.45, 7) is 0. The van der Waals surface area contributed by atoms with Crippen molar-refractivity contribution in [3.8, 4) is 5.69 Å². The average molecular weight is 1000 g/mol. The number of para-hydroxylation sites is 6. The Labute approximate surface area is 449 Å². The van der Waals surface area contributed by atoms with Crippen LogP contribution in [0.25, 0.3) is 93.0 Å². The van der Waals surface area contributed by atoms with Gasteiger partial charge in [-0.05, 0) is 140 Å². The van der Waals surface area contributed by atoms with Gasteiger partial charge in [0.1, 0.15) is 5.65 Å². The summed E-state index contributed by atoms with van der Waals surface area (Å²) in [5.74, 6) is 0. The molecule has 0 atom stereocenters. The highest BCUT2D eigenvalue weighted by Gasteiger charge is 2.17. The van der Waals surface area contributed by atoms with E-state index in [0.29, 0.717) is 0 Å². The monoisotopic (exact) mass is 1000 g/mol. The van der Waals surface area contributed by atoms with Crippen LogP contribution in [0.1, 0.15) is 0 Å². The first kappa shape index (κ1) is 45.8. The summed E-state index contributed by atoms with van der Waals surface area (Å²) in [5.41, 5.74) is 16.9. The number of H-pyrrole nitrogens is 3. The lowest BCUT2D eigenvalue weighted by Crippen LogP contribution is -2.09. The van der Waals surface area contributed by atoms with Crippen LogP contribution in [-0.4, -0.2) is 34.5 Å². The number of fused-ring (bicyclic) bond motifs is 12. The summed E-state index contributed by atoms with van der Waals surface area (Å²) >= 11 is 0. The predicted octanol–water partition coefficient (Wildman–Crippen LogP) is 18.2. The Balaban J connectivity index is 0.000000106. The molecule has 0 aliphatic rings. The summed E-state index contributed by atoms with van der Waals surface area (Å²) in [6.07, 6.45) is 9.32. The summed E-state index contributed by atoms with van der Waals surface area (Å²) < 4.78 is 2.35. The van der Waals surface area contributed by atoms with Crippen LogP contribution in [0.15, 0.2) is 280 Å². The molecule has 9 aromatic carbocycles. The maximum absolute atomic E-state index is 4.44. The zero-order valence-electron chi connectivity index (χ0n) is 42.2. The normalized spacial score (nSPS) is 11.3. The van der Waals surface area contributed by atoms with Gasteiger partial charge in [-0.25, -0.2) is 4.98 Å². The molecule has 7 heterocycles. The number of aromatic amines is 3. The molecule has 0 bridgehead atoms. The zero-order chi connectivity index (χ0) is 51.8. The highest BCUT2D eigenvalue weighted by atomic mass is 15.1. The van der Waals surface area contributed by atoms with Gasteiger partial charge in [0.25, 0.3) is 0 Å². The Morgan fingerprint density at radius 2 is 0.679 bits per heavy atom. The van der Waals surface area contributed by atoms with E-state index >= 15 is 0 Å². The minimum atomic E-state index is 0.922. The van der Waals surface area contributed by atoms with E-state index in [1.165, 1.54) is 43.7 Å². The Morgan fingerprint density at radius 3 is 1.18 bits per heavy atom. The van der Waals surface area contributed by atoms with Crippen molar-refractivity contribution in [1.29, 1.82) is 0 Å². The van der Waals surface area contributed by atoms with Gasteiger partial charge in [0.2, 0.25) is 0 Å². The van der Waals surface area contributed by atoms with E-state index in [0.717, 1.165) is 83.5 Å². The van der Waals surface area contributed by atoms with Crippen molar-refractivity contribution in [3.05, 3.63) is 280 Å². The molecule has 0 aliphatic carbocycles. The third-order valence-electron chi connectivity index (χ3n) is 14.5. The maximum atomic E-state index is 4.44. The van der Waals surface area contributed by atoms with E-state index in [2.05, 4.69) is 251 Å². The first-order valence-corrected chi connectivity index (χ1v) is 26.1. The van der Waals surface area contributed by atoms with Crippen LogP contribution in [-0.2, 0) is 0 Å². The number of anilines is 6. The van der Waals surface area contributed by atoms with Gasteiger partial charge in [0.15, 0.2) is 0 Å². The molecule has 78 heavy (non-hydrogen) atoms. The summed E-state index contributed by atoms with van der Waals surface area (Å²) in [5, 5.41) is 9.57. The van der Waals surface area contributed by atoms with Crippen molar-refractivity contribution in [2.75, 3.05) is 9.80 Å². The molecule has 9 nitrogen and oxygen atoms in total. The number of rotatable bonds is 7. The lowest BCUT2D eigenvalue weighted by Gasteiger charge is -2.25. The second kappa shape index (κ2) is 19.8. The number of aromatic nitrogens is 7. The van der Waals surface area contributed by atoms with Crippen LogP contribution in [0.3, 0.4) is 0 Å². The maximum Gasteiger partial charge on any atom is 0.138 e. The van der Waals surface area contributed by atoms with Gasteiger partial charge in [-0.1, -0.05) is 109 Å². The standard InChI is InChI=1S/C23H15N3.2C23H17N3/c1-3-7-22-16(5-1)17-6-2-4-8-23(17)26(22)15-9-10-20-18(13-15)19-14-24-12-11-21(19)25-20;1-3-8-17(9-4-1)26(18-10-5-2-6-11-18)19-13-14-22-21(16-19)20-12-7-15-24-23(20)25-22;1-3-7-17(8-4-1)26(18-9-5-2-6-10-18)19-11-12-22-20(15-19)21-16-24-14-13-23(21)25-22/h1-14,25H;1-16H,(H,24,25);1-16,25H. The Morgan fingerprint density at radius 1 is 0.282 bits per heavy atom. The van der Waals surface area contributed by atoms with Crippen LogP contribution in [0.2, 0.25) is 0 Å². The number of nitrogens with zero attached hydrogens (tertiary/aromatic N) is 6. The average Bonchev–Trinajstić information content (AvgIpc) is 4.44. The van der Waals surface area contributed by atoms with Crippen molar-refractivity contribution in [2.24, 2.45) is 0 Å². The van der Waals surface area contributed by atoms with Crippen LogP contribution in [0, 0.1) is 0 Å². The first-order valence-electron chi connectivity index (χ1n) is 26.1. The fourth-order valence-corrected chi connectivity index (χ4v) is 11.0. The summed E-state index contributed by atoms with van der Waals surface area (Å²) in [6, 6.07) is 86.8. The van der Waals surface area contributed by atoms with Crippen LogP contribution in [0.4, 0.5) is 34.1 Å². The second-order valence-electron chi connectivity index (χ2n) is 19.2. The SMILES string of the molecule is c1ccc(N(c2ccccc2)c2ccc3[nH]c4ccncc4c3c2)cc1.c1ccc(N(c2ccccc2)c2ccc3[nH]c4ncccc4c3c2)cc1.c1ccc2c(c1)c1ccccc1n2-c1ccc2[nH]c3ccncc3c2c1. The van der Waals surface area contributed by atoms with Gasteiger partial charge in [-0.15, -0.1) is 0 Å². The van der Waals surface area contributed by atoms with Crippen LogP contribution in [0.5, 0.6) is 0 Å². The molecule has 0 amide bonds. The molecular weight excluding hydrogens is 955 g/mol. The fourth-order valence-electron chi connectivity index (χ4n) is 11.0. The van der Waals surface area contributed by atoms with Crippen molar-refractivity contribution in [1.82, 2.24) is 34.5 Å². The molecule has 7 aromatic heterocycles. The molecule has 0 spiro atoms. The fraction of sp³-hybridized carbons (Fsp3) is 0. The molecule has 0 aliphatic heterocycles. The first-order chi connectivity index (χ1) is 38.7. The predicted molar refractivity (Wildman–Crippen MR) is 325 cm³/mol. The lowest BCUT2D eigenvalue weighted by atomic mass is 10.1. The Kier molecular flexibility index (Phi) is 11.6. The van der Waals surface area contributed by atoms with E-state index in [1.54, 1.807) is 0 Å². The zero-order valence-corrected chi connectivity index (χ0v) is 42.2. The third kappa shape index (κ3) is 8.38.